The number of pyridine rings is 1. The fourth-order valence-electron chi connectivity index (χ4n) is 1.49. The second-order valence-corrected chi connectivity index (χ2v) is 3.63. The lowest BCUT2D eigenvalue weighted by Crippen LogP contribution is -2.08. The van der Waals surface area contributed by atoms with Crippen LogP contribution in [0.4, 0.5) is 0 Å². The number of oxazole rings is 1. The first kappa shape index (κ1) is 8.99. The quantitative estimate of drug-likeness (QED) is 0.690. The molecule has 0 saturated carbocycles. The normalized spacial score (nSPS) is 11.4. The predicted octanol–water partition coefficient (Wildman–Crippen LogP) is 1.65. The van der Waals surface area contributed by atoms with E-state index < -0.39 is 0 Å². The number of fused-ring (bicyclic) bond motifs is 1. The van der Waals surface area contributed by atoms with Crippen molar-refractivity contribution in [2.45, 2.75) is 19.8 Å². The Morgan fingerprint density at radius 1 is 1.50 bits per heavy atom. The summed E-state index contributed by atoms with van der Waals surface area (Å²) in [5, 5.41) is 0. The van der Waals surface area contributed by atoms with Gasteiger partial charge < -0.3 is 4.42 Å². The summed E-state index contributed by atoms with van der Waals surface area (Å²) in [5.41, 5.74) is 2.24. The van der Waals surface area contributed by atoms with Gasteiger partial charge in [-0.3, -0.25) is 4.57 Å². The van der Waals surface area contributed by atoms with Gasteiger partial charge in [0.2, 0.25) is 0 Å². The lowest BCUT2D eigenvalue weighted by Gasteiger charge is -2.03. The van der Waals surface area contributed by atoms with Crippen LogP contribution in [0.5, 0.6) is 0 Å². The van der Waals surface area contributed by atoms with Crippen molar-refractivity contribution in [3.63, 3.8) is 0 Å². The van der Waals surface area contributed by atoms with E-state index in [0.717, 1.165) is 5.56 Å². The van der Waals surface area contributed by atoms with Crippen molar-refractivity contribution >= 4 is 11.2 Å². The minimum Gasteiger partial charge on any atom is -0.406 e. The third-order valence-corrected chi connectivity index (χ3v) is 2.32. The SMILES string of the molecule is CC(C)c1ccnc2c1oc(=O)n2C. The Kier molecular flexibility index (Phi) is 1.91. The van der Waals surface area contributed by atoms with E-state index in [1.807, 2.05) is 6.07 Å². The Morgan fingerprint density at radius 3 is 2.86 bits per heavy atom. The maximum atomic E-state index is 11.3. The molecule has 0 aliphatic rings. The van der Waals surface area contributed by atoms with Crippen LogP contribution in [-0.2, 0) is 7.05 Å². The summed E-state index contributed by atoms with van der Waals surface area (Å²) in [7, 11) is 1.66. The van der Waals surface area contributed by atoms with Gasteiger partial charge in [-0.2, -0.15) is 0 Å². The molecule has 0 aromatic carbocycles. The Bertz CT molecular complexity index is 522. The van der Waals surface area contributed by atoms with Gasteiger partial charge in [-0.05, 0) is 12.0 Å². The second-order valence-electron chi connectivity index (χ2n) is 3.63. The summed E-state index contributed by atoms with van der Waals surface area (Å²) < 4.78 is 6.55. The average molecular weight is 192 g/mol. The lowest BCUT2D eigenvalue weighted by molar-refractivity contribution is 0.524. The second kappa shape index (κ2) is 2.97. The maximum Gasteiger partial charge on any atom is 0.420 e. The van der Waals surface area contributed by atoms with E-state index in [1.54, 1.807) is 13.2 Å². The van der Waals surface area contributed by atoms with Crippen molar-refractivity contribution in [1.82, 2.24) is 9.55 Å². The molecule has 0 radical (unpaired) electrons. The van der Waals surface area contributed by atoms with Crippen LogP contribution < -0.4 is 5.76 Å². The van der Waals surface area contributed by atoms with Crippen LogP contribution in [0.15, 0.2) is 21.5 Å². The highest BCUT2D eigenvalue weighted by molar-refractivity contribution is 5.72. The molecule has 74 valence electrons. The van der Waals surface area contributed by atoms with Gasteiger partial charge in [0.25, 0.3) is 0 Å². The molecule has 0 amide bonds. The minimum absolute atomic E-state index is 0.325. The molecule has 0 bridgehead atoms. The van der Waals surface area contributed by atoms with Crippen molar-refractivity contribution in [2.24, 2.45) is 7.05 Å². The Labute approximate surface area is 81.2 Å². The molecule has 0 spiro atoms. The molecule has 14 heavy (non-hydrogen) atoms. The standard InChI is InChI=1S/C10H12N2O2/c1-6(2)7-4-5-11-9-8(7)14-10(13)12(9)3/h4-6H,1-3H3. The van der Waals surface area contributed by atoms with Crippen molar-refractivity contribution in [2.75, 3.05) is 0 Å². The summed E-state index contributed by atoms with van der Waals surface area (Å²) in [6, 6.07) is 1.88. The Hall–Kier alpha value is -1.58. The van der Waals surface area contributed by atoms with Crippen LogP contribution in [0.25, 0.3) is 11.2 Å². The molecular weight excluding hydrogens is 180 g/mol. The zero-order valence-corrected chi connectivity index (χ0v) is 8.44. The fourth-order valence-corrected chi connectivity index (χ4v) is 1.49. The Balaban J connectivity index is 2.88. The van der Waals surface area contributed by atoms with Crippen LogP contribution in [0.3, 0.4) is 0 Å². The van der Waals surface area contributed by atoms with Crippen LogP contribution >= 0.6 is 0 Å². The molecule has 0 unspecified atom stereocenters. The molecule has 2 heterocycles. The summed E-state index contributed by atoms with van der Waals surface area (Å²) in [4.78, 5) is 15.4. The van der Waals surface area contributed by atoms with Crippen LogP contribution in [-0.4, -0.2) is 9.55 Å². The first-order chi connectivity index (χ1) is 6.61. The van der Waals surface area contributed by atoms with E-state index in [9.17, 15) is 4.79 Å². The number of aromatic nitrogens is 2. The molecule has 0 aliphatic carbocycles. The van der Waals surface area contributed by atoms with Crippen molar-refractivity contribution in [3.8, 4) is 0 Å². The van der Waals surface area contributed by atoms with Crippen LogP contribution in [0, 0.1) is 0 Å². The number of hydrogen-bond donors (Lipinski definition) is 0. The maximum absolute atomic E-state index is 11.3. The Morgan fingerprint density at radius 2 is 2.21 bits per heavy atom. The number of rotatable bonds is 1. The third kappa shape index (κ3) is 1.14. The van der Waals surface area contributed by atoms with Crippen molar-refractivity contribution < 1.29 is 4.42 Å². The van der Waals surface area contributed by atoms with E-state index >= 15 is 0 Å². The van der Waals surface area contributed by atoms with Crippen molar-refractivity contribution in [1.29, 1.82) is 0 Å². The molecule has 0 aliphatic heterocycles. The van der Waals surface area contributed by atoms with Crippen LogP contribution in [0.2, 0.25) is 0 Å². The van der Waals surface area contributed by atoms with Gasteiger partial charge in [0, 0.05) is 18.8 Å². The van der Waals surface area contributed by atoms with E-state index in [1.165, 1.54) is 4.57 Å². The minimum atomic E-state index is -0.361. The van der Waals surface area contributed by atoms with Gasteiger partial charge in [0.05, 0.1) is 0 Å². The zero-order chi connectivity index (χ0) is 10.3. The third-order valence-electron chi connectivity index (χ3n) is 2.32. The molecule has 0 N–H and O–H groups in total. The van der Waals surface area contributed by atoms with Gasteiger partial charge in [-0.1, -0.05) is 13.8 Å². The molecule has 0 saturated heterocycles. The largest absolute Gasteiger partial charge is 0.420 e. The van der Waals surface area contributed by atoms with Gasteiger partial charge in [-0.25, -0.2) is 9.78 Å². The number of aryl methyl sites for hydroxylation is 1. The molecule has 0 atom stereocenters. The molecule has 0 fully saturated rings. The average Bonchev–Trinajstić information content (AvgIpc) is 2.43. The molecular formula is C10H12N2O2. The highest BCUT2D eigenvalue weighted by atomic mass is 16.4. The van der Waals surface area contributed by atoms with Crippen LogP contribution in [0.1, 0.15) is 25.3 Å². The molecule has 2 aromatic heterocycles. The topological polar surface area (TPSA) is 48.0 Å². The number of hydrogen-bond acceptors (Lipinski definition) is 3. The first-order valence-corrected chi connectivity index (χ1v) is 4.55. The number of nitrogens with zero attached hydrogens (tertiary/aromatic N) is 2. The van der Waals surface area contributed by atoms with E-state index in [0.29, 0.717) is 17.1 Å². The summed E-state index contributed by atoms with van der Waals surface area (Å²) in [6.07, 6.45) is 1.70. The zero-order valence-electron chi connectivity index (χ0n) is 8.44. The first-order valence-electron chi connectivity index (χ1n) is 4.55. The smallest absolute Gasteiger partial charge is 0.406 e. The molecule has 2 aromatic rings. The monoisotopic (exact) mass is 192 g/mol. The van der Waals surface area contributed by atoms with Gasteiger partial charge in [-0.15, -0.1) is 0 Å². The highest BCUT2D eigenvalue weighted by Gasteiger charge is 2.12. The van der Waals surface area contributed by atoms with Gasteiger partial charge >= 0.3 is 5.76 Å². The summed E-state index contributed by atoms with van der Waals surface area (Å²) in [5.74, 6) is -0.0355. The molecule has 4 heteroatoms. The van der Waals surface area contributed by atoms with Gasteiger partial charge in [0.15, 0.2) is 11.2 Å². The van der Waals surface area contributed by atoms with Crippen molar-refractivity contribution in [3.05, 3.63) is 28.4 Å². The van der Waals surface area contributed by atoms with E-state index in [-0.39, 0.29) is 5.76 Å². The van der Waals surface area contributed by atoms with Gasteiger partial charge in [0.1, 0.15) is 0 Å². The predicted molar refractivity (Wildman–Crippen MR) is 53.3 cm³/mol. The fraction of sp³-hybridized carbons (Fsp3) is 0.400. The van der Waals surface area contributed by atoms with E-state index in [2.05, 4.69) is 18.8 Å². The summed E-state index contributed by atoms with van der Waals surface area (Å²) >= 11 is 0. The van der Waals surface area contributed by atoms with E-state index in [4.69, 9.17) is 4.42 Å². The molecule has 2 rings (SSSR count). The highest BCUT2D eigenvalue weighted by Crippen LogP contribution is 2.22. The molecule has 4 nitrogen and oxygen atoms in total. The summed E-state index contributed by atoms with van der Waals surface area (Å²) in [6.45, 7) is 4.11. The lowest BCUT2D eigenvalue weighted by atomic mass is 10.0.